The summed E-state index contributed by atoms with van der Waals surface area (Å²) in [5.41, 5.74) is 1.65. The van der Waals surface area contributed by atoms with Gasteiger partial charge in [-0.2, -0.15) is 4.31 Å². The van der Waals surface area contributed by atoms with E-state index < -0.39 is 15.9 Å². The molecule has 6 rings (SSSR count). The number of aromatic nitrogens is 4. The monoisotopic (exact) mass is 707 g/mol. The number of amides is 2. The summed E-state index contributed by atoms with van der Waals surface area (Å²) in [6.07, 6.45) is 2.69. The molecule has 1 saturated heterocycles. The smallest absolute Gasteiger partial charge is 0.251 e. The minimum absolute atomic E-state index is 0.0133. The Kier molecular flexibility index (Phi) is 10.2. The molecule has 0 atom stereocenters. The van der Waals surface area contributed by atoms with Crippen molar-refractivity contribution in [2.45, 2.75) is 35.9 Å². The number of thiazole rings is 1. The normalized spacial score (nSPS) is 13.7. The van der Waals surface area contributed by atoms with Crippen LogP contribution in [0.5, 0.6) is 11.5 Å². The van der Waals surface area contributed by atoms with Crippen molar-refractivity contribution in [2.24, 2.45) is 0 Å². The minimum Gasteiger partial charge on any atom is -0.497 e. The van der Waals surface area contributed by atoms with Gasteiger partial charge in [0.2, 0.25) is 15.9 Å². The first kappa shape index (κ1) is 33.4. The van der Waals surface area contributed by atoms with Gasteiger partial charge < -0.3 is 20.1 Å². The lowest BCUT2D eigenvalue weighted by Gasteiger charge is -2.25. The molecule has 0 bridgehead atoms. The number of hydrogen-bond donors (Lipinski definition) is 2. The first-order valence-corrected chi connectivity index (χ1v) is 18.3. The number of piperidine rings is 1. The lowest BCUT2D eigenvalue weighted by atomic mass is 10.2. The van der Waals surface area contributed by atoms with Crippen LogP contribution in [0.4, 0.5) is 5.13 Å². The number of rotatable bonds is 12. The lowest BCUT2D eigenvalue weighted by Crippen LogP contribution is -2.35. The van der Waals surface area contributed by atoms with Gasteiger partial charge >= 0.3 is 0 Å². The summed E-state index contributed by atoms with van der Waals surface area (Å²) < 4.78 is 41.3. The Hall–Kier alpha value is -4.51. The second kappa shape index (κ2) is 14.7. The summed E-state index contributed by atoms with van der Waals surface area (Å²) >= 11 is 2.55. The van der Waals surface area contributed by atoms with Crippen molar-refractivity contribution in [2.75, 3.05) is 38.4 Å². The van der Waals surface area contributed by atoms with Gasteiger partial charge in [0, 0.05) is 24.7 Å². The summed E-state index contributed by atoms with van der Waals surface area (Å²) in [4.78, 5) is 30.7. The van der Waals surface area contributed by atoms with Crippen LogP contribution in [0.3, 0.4) is 0 Å². The molecule has 5 aromatic rings. The SMILES string of the molecule is COc1ccc(OC)c(-n2c(CNC(=O)c3ccc(S(=O)(=O)N4CCCCC4)cc3)nnc2SCC(=O)Nc2nc3ccccc3s2)c1. The van der Waals surface area contributed by atoms with Crippen molar-refractivity contribution in [1.29, 1.82) is 0 Å². The highest BCUT2D eigenvalue weighted by atomic mass is 32.2. The van der Waals surface area contributed by atoms with Crippen LogP contribution < -0.4 is 20.1 Å². The van der Waals surface area contributed by atoms with Crippen LogP contribution in [0.15, 0.2) is 76.8 Å². The zero-order valence-corrected chi connectivity index (χ0v) is 28.7. The minimum atomic E-state index is -3.62. The molecular weight excluding hydrogens is 675 g/mol. The van der Waals surface area contributed by atoms with E-state index in [1.165, 1.54) is 47.0 Å². The standard InChI is InChI=1S/C32H33N7O6S3/c1-44-22-12-15-26(45-2)25(18-22)39-28(36-37-32(39)46-20-29(40)35-31-34-24-8-4-5-9-27(24)47-31)19-33-30(41)21-10-13-23(14-11-21)48(42,43)38-16-6-3-7-17-38/h4-5,8-15,18H,3,6-7,16-17,19-20H2,1-2H3,(H,33,41)(H,34,35,40). The maximum absolute atomic E-state index is 13.2. The molecule has 2 amide bonds. The zero-order chi connectivity index (χ0) is 33.7. The number of fused-ring (bicyclic) bond motifs is 1. The number of carbonyl (C=O) groups excluding carboxylic acids is 2. The van der Waals surface area contributed by atoms with Gasteiger partial charge in [0.25, 0.3) is 5.91 Å². The Labute approximate surface area is 285 Å². The highest BCUT2D eigenvalue weighted by Gasteiger charge is 2.26. The third-order valence-corrected chi connectivity index (χ3v) is 11.5. The maximum atomic E-state index is 13.2. The second-order valence-electron chi connectivity index (χ2n) is 10.8. The molecule has 2 N–H and O–H groups in total. The molecule has 1 aliphatic heterocycles. The number of para-hydroxylation sites is 1. The first-order chi connectivity index (χ1) is 23.3. The van der Waals surface area contributed by atoms with E-state index in [2.05, 4.69) is 25.8 Å². The van der Waals surface area contributed by atoms with Crippen molar-refractivity contribution in [1.82, 2.24) is 29.4 Å². The molecule has 16 heteroatoms. The zero-order valence-electron chi connectivity index (χ0n) is 26.2. The predicted octanol–water partition coefficient (Wildman–Crippen LogP) is 4.73. The topological polar surface area (TPSA) is 158 Å². The van der Waals surface area contributed by atoms with Gasteiger partial charge in [0.05, 0.1) is 47.3 Å². The molecule has 0 aliphatic carbocycles. The van der Waals surface area contributed by atoms with E-state index in [0.717, 1.165) is 41.2 Å². The van der Waals surface area contributed by atoms with Crippen molar-refractivity contribution in [3.63, 3.8) is 0 Å². The summed E-state index contributed by atoms with van der Waals surface area (Å²) in [5.74, 6) is 0.737. The van der Waals surface area contributed by atoms with E-state index >= 15 is 0 Å². The number of carbonyl (C=O) groups is 2. The Morgan fingerprint density at radius 3 is 2.46 bits per heavy atom. The number of thioether (sulfide) groups is 1. The lowest BCUT2D eigenvalue weighted by molar-refractivity contribution is -0.113. The largest absolute Gasteiger partial charge is 0.497 e. The number of nitrogens with zero attached hydrogens (tertiary/aromatic N) is 5. The number of benzene rings is 3. The van der Waals surface area contributed by atoms with Crippen LogP contribution in [0.2, 0.25) is 0 Å². The molecule has 3 heterocycles. The fourth-order valence-electron chi connectivity index (χ4n) is 5.23. The van der Waals surface area contributed by atoms with Gasteiger partial charge in [-0.1, -0.05) is 41.7 Å². The number of methoxy groups -OCH3 is 2. The molecular formula is C32H33N7O6S3. The Morgan fingerprint density at radius 2 is 1.73 bits per heavy atom. The molecule has 2 aromatic heterocycles. The van der Waals surface area contributed by atoms with Gasteiger partial charge in [-0.05, 0) is 61.4 Å². The molecule has 0 saturated carbocycles. The third kappa shape index (κ3) is 7.31. The fraction of sp³-hybridized carbons (Fsp3) is 0.281. The predicted molar refractivity (Wildman–Crippen MR) is 184 cm³/mol. The van der Waals surface area contributed by atoms with Crippen LogP contribution in [-0.4, -0.2) is 77.3 Å². The number of ether oxygens (including phenoxy) is 2. The van der Waals surface area contributed by atoms with Crippen molar-refractivity contribution >= 4 is 60.3 Å². The highest BCUT2D eigenvalue weighted by molar-refractivity contribution is 7.99. The van der Waals surface area contributed by atoms with Gasteiger partial charge in [-0.25, -0.2) is 13.4 Å². The van der Waals surface area contributed by atoms with Gasteiger partial charge in [-0.3, -0.25) is 14.2 Å². The summed E-state index contributed by atoms with van der Waals surface area (Å²) in [6.45, 7) is 0.966. The molecule has 0 spiro atoms. The maximum Gasteiger partial charge on any atom is 0.251 e. The van der Waals surface area contributed by atoms with Crippen LogP contribution in [-0.2, 0) is 21.4 Å². The number of hydrogen-bond acceptors (Lipinski definition) is 11. The van der Waals surface area contributed by atoms with Crippen LogP contribution in [0.25, 0.3) is 15.9 Å². The molecule has 3 aromatic carbocycles. The average Bonchev–Trinajstić information content (AvgIpc) is 3.73. The first-order valence-electron chi connectivity index (χ1n) is 15.1. The molecule has 1 fully saturated rings. The summed E-state index contributed by atoms with van der Waals surface area (Å²) in [6, 6.07) is 18.8. The van der Waals surface area contributed by atoms with E-state index in [9.17, 15) is 18.0 Å². The van der Waals surface area contributed by atoms with Crippen molar-refractivity contribution in [3.05, 3.63) is 78.1 Å². The molecule has 1 aliphatic rings. The number of sulfonamides is 1. The van der Waals surface area contributed by atoms with Crippen LogP contribution in [0.1, 0.15) is 35.4 Å². The summed E-state index contributed by atoms with van der Waals surface area (Å²) in [5, 5.41) is 15.2. The van der Waals surface area contributed by atoms with Crippen LogP contribution >= 0.6 is 23.1 Å². The Morgan fingerprint density at radius 1 is 0.958 bits per heavy atom. The van der Waals surface area contributed by atoms with E-state index in [-0.39, 0.29) is 23.1 Å². The van der Waals surface area contributed by atoms with E-state index in [4.69, 9.17) is 9.47 Å². The highest BCUT2D eigenvalue weighted by Crippen LogP contribution is 2.32. The quantitative estimate of drug-likeness (QED) is 0.174. The average molecular weight is 708 g/mol. The fourth-order valence-corrected chi connectivity index (χ4v) is 8.39. The van der Waals surface area contributed by atoms with Gasteiger partial charge in [-0.15, -0.1) is 10.2 Å². The molecule has 0 radical (unpaired) electrons. The van der Waals surface area contributed by atoms with E-state index in [1.54, 1.807) is 29.9 Å². The molecule has 48 heavy (non-hydrogen) atoms. The van der Waals surface area contributed by atoms with Crippen LogP contribution in [0, 0.1) is 0 Å². The van der Waals surface area contributed by atoms with E-state index in [1.807, 2.05) is 24.3 Å². The van der Waals surface area contributed by atoms with Crippen molar-refractivity contribution < 1.29 is 27.5 Å². The Balaban J connectivity index is 1.19. The molecule has 13 nitrogen and oxygen atoms in total. The number of anilines is 1. The van der Waals surface area contributed by atoms with Crippen molar-refractivity contribution in [3.8, 4) is 17.2 Å². The van der Waals surface area contributed by atoms with Gasteiger partial charge in [0.15, 0.2) is 16.1 Å². The summed E-state index contributed by atoms with van der Waals surface area (Å²) in [7, 11) is -0.539. The number of nitrogens with one attached hydrogen (secondary N) is 2. The Bertz CT molecular complexity index is 2010. The second-order valence-corrected chi connectivity index (χ2v) is 14.7. The van der Waals surface area contributed by atoms with Gasteiger partial charge in [0.1, 0.15) is 11.5 Å². The third-order valence-electron chi connectivity index (χ3n) is 7.68. The molecule has 250 valence electrons. The molecule has 0 unspecified atom stereocenters. The van der Waals surface area contributed by atoms with E-state index in [0.29, 0.717) is 52.0 Å².